The van der Waals surface area contributed by atoms with E-state index in [1.165, 1.54) is 64.2 Å². The molecule has 0 radical (unpaired) electrons. The third kappa shape index (κ3) is 5.15. The highest BCUT2D eigenvalue weighted by Crippen LogP contribution is 2.38. The van der Waals surface area contributed by atoms with Crippen molar-refractivity contribution in [2.75, 3.05) is 18.0 Å². The lowest BCUT2D eigenvalue weighted by Crippen LogP contribution is -2.29. The van der Waals surface area contributed by atoms with E-state index in [1.807, 2.05) is 22.7 Å². The predicted molar refractivity (Wildman–Crippen MR) is 125 cm³/mol. The lowest BCUT2D eigenvalue weighted by molar-refractivity contribution is -0.672. The summed E-state index contributed by atoms with van der Waals surface area (Å²) in [4.78, 5) is 6.60. The van der Waals surface area contributed by atoms with Gasteiger partial charge in [0.2, 0.25) is 0 Å². The van der Waals surface area contributed by atoms with Crippen LogP contribution in [0.15, 0.2) is 36.7 Å². The number of anilines is 1. The number of hydrogen-bond acceptors (Lipinski definition) is 3. The van der Waals surface area contributed by atoms with Crippen molar-refractivity contribution in [3.8, 4) is 9.75 Å². The maximum Gasteiger partial charge on any atom is 0.281 e. The van der Waals surface area contributed by atoms with E-state index in [2.05, 4.69) is 90.8 Å². The van der Waals surface area contributed by atoms with Crippen molar-refractivity contribution in [2.24, 2.45) is 14.1 Å². The van der Waals surface area contributed by atoms with Crippen LogP contribution in [0.1, 0.15) is 50.2 Å². The number of unbranched alkanes of at least 4 members (excludes halogenated alkanes) is 2. The molecule has 150 valence electrons. The zero-order chi connectivity index (χ0) is 19.9. The van der Waals surface area contributed by atoms with E-state index >= 15 is 0 Å². The summed E-state index contributed by atoms with van der Waals surface area (Å²) < 4.78 is 4.27. The molecule has 3 aromatic rings. The van der Waals surface area contributed by atoms with Gasteiger partial charge < -0.3 is 4.90 Å². The van der Waals surface area contributed by atoms with Gasteiger partial charge in [-0.3, -0.25) is 0 Å². The molecule has 0 saturated heterocycles. The first-order valence-electron chi connectivity index (χ1n) is 10.3. The second-order valence-electron chi connectivity index (χ2n) is 7.25. The number of imidazole rings is 1. The summed E-state index contributed by atoms with van der Waals surface area (Å²) in [7, 11) is 4.16. The Morgan fingerprint density at radius 1 is 0.964 bits per heavy atom. The molecule has 0 N–H and O–H groups in total. The second kappa shape index (κ2) is 10.1. The Labute approximate surface area is 177 Å². The Morgan fingerprint density at radius 3 is 2.29 bits per heavy atom. The Kier molecular flexibility index (Phi) is 7.51. The van der Waals surface area contributed by atoms with Crippen molar-refractivity contribution < 1.29 is 4.57 Å². The molecule has 3 heterocycles. The van der Waals surface area contributed by atoms with Gasteiger partial charge in [-0.15, -0.1) is 22.7 Å². The summed E-state index contributed by atoms with van der Waals surface area (Å²) in [5.41, 5.74) is 0. The van der Waals surface area contributed by atoms with E-state index in [0.717, 1.165) is 0 Å². The quantitative estimate of drug-likeness (QED) is 0.359. The van der Waals surface area contributed by atoms with Crippen molar-refractivity contribution in [3.05, 3.63) is 47.4 Å². The Balaban J connectivity index is 1.73. The molecular formula is C23H32N3S2+. The van der Waals surface area contributed by atoms with Crippen molar-refractivity contribution in [1.82, 2.24) is 4.57 Å². The van der Waals surface area contributed by atoms with E-state index in [4.69, 9.17) is 0 Å². The van der Waals surface area contributed by atoms with E-state index in [0.29, 0.717) is 0 Å². The Bertz CT molecular complexity index is 873. The van der Waals surface area contributed by atoms with Gasteiger partial charge in [-0.2, -0.15) is 0 Å². The number of nitrogens with zero attached hydrogens (tertiary/aromatic N) is 3. The molecule has 0 aliphatic heterocycles. The minimum atomic E-state index is 1.17. The third-order valence-corrected chi connectivity index (χ3v) is 7.36. The van der Waals surface area contributed by atoms with Crippen LogP contribution in [0.25, 0.3) is 21.9 Å². The fraction of sp³-hybridized carbons (Fsp3) is 0.435. The minimum absolute atomic E-state index is 1.17. The van der Waals surface area contributed by atoms with Gasteiger partial charge in [-0.25, -0.2) is 9.13 Å². The highest BCUT2D eigenvalue weighted by Gasteiger charge is 2.12. The van der Waals surface area contributed by atoms with Gasteiger partial charge in [0.1, 0.15) is 12.4 Å². The summed E-state index contributed by atoms with van der Waals surface area (Å²) >= 11 is 3.80. The SMILES string of the molecule is CCCCN(CCCC)c1ccc(-c2ccc(/C=C/c3n(C)cc[n+]3C)s2)s1. The smallest absolute Gasteiger partial charge is 0.281 e. The van der Waals surface area contributed by atoms with E-state index < -0.39 is 0 Å². The largest absolute Gasteiger partial charge is 0.363 e. The van der Waals surface area contributed by atoms with Crippen LogP contribution in [-0.2, 0) is 14.1 Å². The van der Waals surface area contributed by atoms with Gasteiger partial charge in [-0.05, 0) is 43.2 Å². The van der Waals surface area contributed by atoms with Gasteiger partial charge in [0.05, 0.1) is 19.1 Å². The van der Waals surface area contributed by atoms with Crippen LogP contribution in [0.4, 0.5) is 5.00 Å². The molecule has 0 aromatic carbocycles. The monoisotopic (exact) mass is 414 g/mol. The molecule has 0 unspecified atom stereocenters. The van der Waals surface area contributed by atoms with E-state index in [1.54, 1.807) is 0 Å². The molecule has 0 amide bonds. The standard InChI is InChI=1S/C23H32N3S2/c1-5-7-15-26(16-8-6-2)23-14-12-21(28-23)20-11-9-19(27-20)10-13-22-24(3)17-18-25(22)4/h9-14,17-18H,5-8,15-16H2,1-4H3/q+1. The topological polar surface area (TPSA) is 12.1 Å². The van der Waals surface area contributed by atoms with Gasteiger partial charge in [0, 0.05) is 33.8 Å². The van der Waals surface area contributed by atoms with Crippen molar-refractivity contribution in [1.29, 1.82) is 0 Å². The van der Waals surface area contributed by atoms with Crippen molar-refractivity contribution >= 4 is 39.8 Å². The molecule has 0 aliphatic carbocycles. The maximum absolute atomic E-state index is 2.57. The molecule has 0 bridgehead atoms. The number of aryl methyl sites for hydroxylation is 2. The molecule has 28 heavy (non-hydrogen) atoms. The fourth-order valence-electron chi connectivity index (χ4n) is 3.23. The average Bonchev–Trinajstić information content (AvgIpc) is 3.41. The lowest BCUT2D eigenvalue weighted by atomic mass is 10.2. The van der Waals surface area contributed by atoms with Crippen LogP contribution in [0.2, 0.25) is 0 Å². The average molecular weight is 415 g/mol. The molecular weight excluding hydrogens is 382 g/mol. The number of aromatic nitrogens is 2. The van der Waals surface area contributed by atoms with E-state index in [-0.39, 0.29) is 0 Å². The molecule has 0 aliphatic rings. The van der Waals surface area contributed by atoms with Gasteiger partial charge >= 0.3 is 0 Å². The molecule has 0 spiro atoms. The third-order valence-electron chi connectivity index (χ3n) is 4.97. The van der Waals surface area contributed by atoms with Crippen LogP contribution >= 0.6 is 22.7 Å². The number of thiophene rings is 2. The zero-order valence-corrected chi connectivity index (χ0v) is 19.2. The molecule has 3 nitrogen and oxygen atoms in total. The predicted octanol–water partition coefficient (Wildman–Crippen LogP) is 6.22. The molecule has 0 atom stereocenters. The fourth-order valence-corrected chi connectivity index (χ4v) is 5.29. The first-order chi connectivity index (χ1) is 13.6. The Morgan fingerprint density at radius 2 is 1.64 bits per heavy atom. The Hall–Kier alpha value is -1.85. The lowest BCUT2D eigenvalue weighted by Gasteiger charge is -2.22. The highest BCUT2D eigenvalue weighted by atomic mass is 32.1. The second-order valence-corrected chi connectivity index (χ2v) is 9.42. The molecule has 3 aromatic heterocycles. The van der Waals surface area contributed by atoms with Crippen molar-refractivity contribution in [2.45, 2.75) is 39.5 Å². The molecule has 3 rings (SSSR count). The first-order valence-corrected chi connectivity index (χ1v) is 11.9. The van der Waals surface area contributed by atoms with Gasteiger partial charge in [-0.1, -0.05) is 26.7 Å². The summed E-state index contributed by atoms with van der Waals surface area (Å²) in [6.45, 7) is 6.88. The van der Waals surface area contributed by atoms with Crippen LogP contribution in [0.3, 0.4) is 0 Å². The highest BCUT2D eigenvalue weighted by molar-refractivity contribution is 7.24. The minimum Gasteiger partial charge on any atom is -0.363 e. The first kappa shape index (κ1) is 20.9. The molecule has 0 fully saturated rings. The molecule has 5 heteroatoms. The van der Waals surface area contributed by atoms with Crippen LogP contribution in [0, 0.1) is 0 Å². The van der Waals surface area contributed by atoms with Gasteiger partial charge in [0.25, 0.3) is 5.82 Å². The van der Waals surface area contributed by atoms with Gasteiger partial charge in [0.15, 0.2) is 0 Å². The normalized spacial score (nSPS) is 11.6. The van der Waals surface area contributed by atoms with Crippen LogP contribution in [-0.4, -0.2) is 17.7 Å². The molecule has 0 saturated carbocycles. The van der Waals surface area contributed by atoms with Crippen molar-refractivity contribution in [3.63, 3.8) is 0 Å². The maximum atomic E-state index is 2.57. The summed E-state index contributed by atoms with van der Waals surface area (Å²) in [6.07, 6.45) is 13.6. The zero-order valence-electron chi connectivity index (χ0n) is 17.5. The summed E-state index contributed by atoms with van der Waals surface area (Å²) in [5, 5.41) is 1.42. The summed E-state index contributed by atoms with van der Waals surface area (Å²) in [6, 6.07) is 9.09. The number of hydrogen-bond donors (Lipinski definition) is 0. The van der Waals surface area contributed by atoms with Crippen LogP contribution < -0.4 is 9.47 Å². The van der Waals surface area contributed by atoms with E-state index in [9.17, 15) is 0 Å². The number of rotatable bonds is 10. The summed E-state index contributed by atoms with van der Waals surface area (Å²) in [5.74, 6) is 1.19. The van der Waals surface area contributed by atoms with Crippen LogP contribution in [0.5, 0.6) is 0 Å².